The van der Waals surface area contributed by atoms with Gasteiger partial charge in [-0.15, -0.1) is 0 Å². The first-order valence-electron chi connectivity index (χ1n) is 23.4. The molecule has 8 aliphatic carbocycles. The van der Waals surface area contributed by atoms with Gasteiger partial charge in [-0.1, -0.05) is 28.2 Å². The number of alkyl halides is 4. The van der Waals surface area contributed by atoms with E-state index in [1.807, 2.05) is 0 Å². The van der Waals surface area contributed by atoms with Crippen LogP contribution < -0.4 is 34.5 Å². The van der Waals surface area contributed by atoms with Gasteiger partial charge in [-0.2, -0.15) is 22.8 Å². The molecule has 2 N–H and O–H groups in total. The number of hydrogen-bond donors (Lipinski definition) is 2. The van der Waals surface area contributed by atoms with Crippen LogP contribution >= 0.6 is 11.6 Å². The molecule has 8 fully saturated rings. The van der Waals surface area contributed by atoms with Crippen molar-refractivity contribution in [2.45, 2.75) is 143 Å². The minimum absolute atomic E-state index is 0. The molecular weight excluding hydrogens is 1010 g/mol. The summed E-state index contributed by atoms with van der Waals surface area (Å²) < 4.78 is 123. The summed E-state index contributed by atoms with van der Waals surface area (Å²) in [5, 5.41) is 5.05. The third kappa shape index (κ3) is 20.5. The van der Waals surface area contributed by atoms with Crippen LogP contribution in [0.5, 0.6) is 0 Å². The van der Waals surface area contributed by atoms with Crippen LogP contribution in [0.25, 0.3) is 0 Å². The first-order valence-corrected chi connectivity index (χ1v) is 26.6. The smallest absolute Gasteiger partial charge is 0.743 e. The van der Waals surface area contributed by atoms with Gasteiger partial charge >= 0.3 is 58.0 Å². The number of nitrogens with zero attached hydrogens (tertiary/aromatic N) is 2. The van der Waals surface area contributed by atoms with Crippen molar-refractivity contribution in [2.75, 3.05) is 65.7 Å². The van der Waals surface area contributed by atoms with E-state index in [4.69, 9.17) is 26.7 Å². The third-order valence-electron chi connectivity index (χ3n) is 13.7. The number of halogens is 5. The van der Waals surface area contributed by atoms with Crippen molar-refractivity contribution in [3.63, 3.8) is 0 Å². The zero-order valence-electron chi connectivity index (χ0n) is 41.4. The molecule has 17 nitrogen and oxygen atoms in total. The quantitative estimate of drug-likeness (QED) is 0.0403. The molecule has 25 heteroatoms. The van der Waals surface area contributed by atoms with Crippen LogP contribution in [-0.2, 0) is 53.6 Å². The fourth-order valence-electron chi connectivity index (χ4n) is 11.1. The first kappa shape index (κ1) is 70.4. The van der Waals surface area contributed by atoms with Gasteiger partial charge in [-0.25, -0.2) is 26.4 Å². The molecule has 70 heavy (non-hydrogen) atoms. The Hall–Kier alpha value is -1.72. The fraction of sp³-hybridized carbons (Fsp3) is 0.889. The van der Waals surface area contributed by atoms with Crippen molar-refractivity contribution in [2.24, 2.45) is 46.3 Å². The third-order valence-corrected chi connectivity index (χ3v) is 15.7. The zero-order valence-corrected chi connectivity index (χ0v) is 45.8. The van der Waals surface area contributed by atoms with Crippen molar-refractivity contribution in [1.29, 1.82) is 5.26 Å². The van der Waals surface area contributed by atoms with E-state index in [-0.39, 0.29) is 47.6 Å². The molecule has 0 radical (unpaired) electrons. The number of carbonyl (C=O) groups is 4. The van der Waals surface area contributed by atoms with E-state index < -0.39 is 80.5 Å². The van der Waals surface area contributed by atoms with E-state index in [9.17, 15) is 62.7 Å². The van der Waals surface area contributed by atoms with E-state index in [2.05, 4.69) is 55.9 Å². The van der Waals surface area contributed by atoms with Gasteiger partial charge in [0.1, 0.15) is 19.8 Å². The predicted molar refractivity (Wildman–Crippen MR) is 245 cm³/mol. The molecule has 0 aromatic heterocycles. The molecule has 0 saturated heterocycles. The van der Waals surface area contributed by atoms with Gasteiger partial charge in [0.25, 0.3) is 0 Å². The number of carbonyl (C=O) groups excluding carboxylic acids is 4. The summed E-state index contributed by atoms with van der Waals surface area (Å²) in [4.78, 5) is 49.2. The van der Waals surface area contributed by atoms with Crippen LogP contribution in [0, 0.1) is 57.7 Å². The number of hydrogen-bond acceptors (Lipinski definition) is 16. The summed E-state index contributed by atoms with van der Waals surface area (Å²) in [5.74, 6) is -1.31. The summed E-state index contributed by atoms with van der Waals surface area (Å²) in [6, 6.07) is 1.75. The predicted octanol–water partition coefficient (Wildman–Crippen LogP) is 2.50. The summed E-state index contributed by atoms with van der Waals surface area (Å²) >= 11 is 5.76. The molecule has 0 aromatic rings. The molecule has 0 aliphatic heterocycles. The van der Waals surface area contributed by atoms with Gasteiger partial charge in [0.15, 0.2) is 20.2 Å². The SMILES string of the molecule is C.CC#N.CCN(CC)CC.CC[NH+](CC)CC.O=C(Cl)C12CC3CC(CC(C3)C1)C2.O=C(OCCO)C(F)(F)S(=O)(=O)[O-].O=C(OCCOC(=O)C(F)(F)S(=O)(=O)[O-])C12CC3CC(CC(C3)C1)C2.[Na+]. The van der Waals surface area contributed by atoms with Crippen LogP contribution in [-0.4, -0.2) is 135 Å². The maximum Gasteiger partial charge on any atom is 1.00 e. The summed E-state index contributed by atoms with van der Waals surface area (Å²) in [6.45, 7) is 19.3. The molecular formula is C45H77ClF4N3NaO14S2. The van der Waals surface area contributed by atoms with Crippen LogP contribution in [0.1, 0.15) is 133 Å². The number of quaternary nitrogens is 1. The van der Waals surface area contributed by atoms with Crippen molar-refractivity contribution in [1.82, 2.24) is 4.90 Å². The molecule has 8 saturated carbocycles. The van der Waals surface area contributed by atoms with Crippen molar-refractivity contribution < 1.29 is 116 Å². The van der Waals surface area contributed by atoms with Gasteiger partial charge in [-0.3, -0.25) is 9.59 Å². The zero-order chi connectivity index (χ0) is 52.3. The maximum absolute atomic E-state index is 12.9. The molecule has 0 atom stereocenters. The Bertz CT molecular complexity index is 1800. The number of nitriles is 1. The normalized spacial score (nSPS) is 26.4. The Labute approximate surface area is 440 Å². The second-order valence-corrected chi connectivity index (χ2v) is 21.6. The van der Waals surface area contributed by atoms with E-state index in [0.717, 1.165) is 75.5 Å². The second-order valence-electron chi connectivity index (χ2n) is 18.4. The molecule has 8 aliphatic rings. The standard InChI is InChI=1S/C15H20F2O7S.C11H15ClO.2C6H15N.C4H6F2O6S.C2H3N.CH4.Na/c16-15(17,25(20,21)22)13(19)24-2-1-23-12(18)14-6-9-3-10(7-14)5-11(4-9)8-14;12-10(13)11-4-7-1-8(5-11)3-9(2-7)6-11;2*1-4-7(5-2)6-3;5-4(6,13(9,10)11)3(8)12-2-1-7;1-2-3;;/h9-11H,1-8H2,(H,20,21,22);7-9H,1-6H2;2*4-6H2,1-3H3;7H,1-2H2,(H,9,10,11);1H3;1H4;/q;;;;;;;+1/p-1. The number of rotatable bonds is 17. The van der Waals surface area contributed by atoms with Gasteiger partial charge < -0.3 is 38.2 Å². The summed E-state index contributed by atoms with van der Waals surface area (Å²) in [7, 11) is -12.2. The Balaban J connectivity index is 0. The number of nitrogens with one attached hydrogen (secondary N) is 1. The van der Waals surface area contributed by atoms with Crippen molar-refractivity contribution in [3.05, 3.63) is 0 Å². The van der Waals surface area contributed by atoms with Gasteiger partial charge in [0.05, 0.1) is 37.7 Å². The average molecular weight is 1080 g/mol. The fourth-order valence-corrected chi connectivity index (χ4v) is 11.8. The van der Waals surface area contributed by atoms with E-state index in [1.165, 1.54) is 65.5 Å². The van der Waals surface area contributed by atoms with Gasteiger partial charge in [-0.05, 0) is 165 Å². The molecule has 404 valence electrons. The van der Waals surface area contributed by atoms with Gasteiger partial charge in [0, 0.05) is 12.3 Å². The first-order chi connectivity index (χ1) is 31.5. The van der Waals surface area contributed by atoms with E-state index in [1.54, 1.807) is 11.0 Å². The average Bonchev–Trinajstić information content (AvgIpc) is 3.25. The minimum atomic E-state index is -6.15. The molecule has 0 spiro atoms. The number of aliphatic hydroxyl groups excluding tert-OH is 1. The monoisotopic (exact) mass is 1080 g/mol. The van der Waals surface area contributed by atoms with Crippen LogP contribution in [0.3, 0.4) is 0 Å². The number of esters is 3. The van der Waals surface area contributed by atoms with Crippen molar-refractivity contribution >= 4 is 55.0 Å². The Morgan fingerprint density at radius 3 is 1.14 bits per heavy atom. The Morgan fingerprint density at radius 1 is 0.657 bits per heavy atom. The van der Waals surface area contributed by atoms with Crippen LogP contribution in [0.2, 0.25) is 0 Å². The minimum Gasteiger partial charge on any atom is -0.743 e. The molecule has 8 bridgehead atoms. The topological polar surface area (TPSA) is 262 Å². The Morgan fingerprint density at radius 2 is 0.929 bits per heavy atom. The number of ether oxygens (including phenoxy) is 3. The molecule has 0 heterocycles. The molecule has 8 rings (SSSR count). The van der Waals surface area contributed by atoms with Crippen molar-refractivity contribution in [3.8, 4) is 6.07 Å². The largest absolute Gasteiger partial charge is 1.00 e. The summed E-state index contributed by atoms with van der Waals surface area (Å²) in [5.41, 5.74) is -0.600. The Kier molecular flexibility index (Phi) is 32.0. The van der Waals surface area contributed by atoms with Crippen LogP contribution in [0.15, 0.2) is 0 Å². The van der Waals surface area contributed by atoms with Crippen LogP contribution in [0.4, 0.5) is 17.6 Å². The molecule has 0 amide bonds. The maximum atomic E-state index is 12.9. The second kappa shape index (κ2) is 31.9. The van der Waals surface area contributed by atoms with Gasteiger partial charge in [0.2, 0.25) is 5.24 Å². The summed E-state index contributed by atoms with van der Waals surface area (Å²) in [6.07, 6.45) is 13.2. The number of aliphatic hydroxyl groups is 1. The van der Waals surface area contributed by atoms with E-state index >= 15 is 0 Å². The molecule has 0 aromatic carbocycles. The molecule has 0 unspecified atom stereocenters. The van der Waals surface area contributed by atoms with E-state index in [0.29, 0.717) is 17.8 Å².